The molecule has 1 saturated heterocycles. The van der Waals surface area contributed by atoms with Gasteiger partial charge in [0.25, 0.3) is 0 Å². The summed E-state index contributed by atoms with van der Waals surface area (Å²) in [5, 5.41) is 4.83. The van der Waals surface area contributed by atoms with Gasteiger partial charge in [0.15, 0.2) is 11.6 Å². The molecule has 0 amide bonds. The van der Waals surface area contributed by atoms with E-state index in [9.17, 15) is 27.9 Å². The van der Waals surface area contributed by atoms with E-state index in [-0.39, 0.29) is 16.1 Å². The summed E-state index contributed by atoms with van der Waals surface area (Å²) in [6.07, 6.45) is -5.34. The highest BCUT2D eigenvalue weighted by Gasteiger charge is 2.69. The molecule has 1 aliphatic rings. The molecule has 57 heavy (non-hydrogen) atoms. The van der Waals surface area contributed by atoms with Crippen LogP contribution in [0, 0.1) is 11.2 Å². The summed E-state index contributed by atoms with van der Waals surface area (Å²) in [7, 11) is -9.53. The number of nitrogens with two attached hydrogens (primary N) is 1. The molecule has 1 aromatic heterocycles. The van der Waals surface area contributed by atoms with E-state index >= 15 is 8.78 Å². The molecule has 2 aromatic carbocycles. The summed E-state index contributed by atoms with van der Waals surface area (Å²) in [5.41, 5.74) is 1.26. The molecule has 4 rings (SSSR count). The van der Waals surface area contributed by atoms with Crippen LogP contribution in [0.4, 0.5) is 19.0 Å². The number of halogens is 3. The minimum absolute atomic E-state index is 0.00966. The Bertz CT molecular complexity index is 2010. The van der Waals surface area contributed by atoms with E-state index in [1.807, 2.05) is 0 Å². The number of para-hydroxylation sites is 2. The lowest BCUT2D eigenvalue weighted by molar-refractivity contribution is -0.154. The number of aromatic nitrogens is 2. The van der Waals surface area contributed by atoms with E-state index in [2.05, 4.69) is 15.2 Å². The number of hydrogen-bond donors (Lipinski definition) is 3. The van der Waals surface area contributed by atoms with Crippen molar-refractivity contribution in [3.8, 4) is 11.5 Å². The molecule has 3 unspecified atom stereocenters. The second-order valence-corrected chi connectivity index (χ2v) is 17.1. The summed E-state index contributed by atoms with van der Waals surface area (Å²) >= 11 is 0. The van der Waals surface area contributed by atoms with Crippen LogP contribution < -0.4 is 30.6 Å². The molecule has 314 valence electrons. The summed E-state index contributed by atoms with van der Waals surface area (Å²) in [6, 6.07) is 12.3. The number of carbonyl (C=O) groups is 2. The van der Waals surface area contributed by atoms with Crippen LogP contribution in [-0.4, -0.2) is 71.0 Å². The van der Waals surface area contributed by atoms with Gasteiger partial charge in [0.1, 0.15) is 23.6 Å². The Morgan fingerprint density at radius 2 is 1.32 bits per heavy atom. The van der Waals surface area contributed by atoms with Crippen LogP contribution in [-0.2, 0) is 42.0 Å². The maximum Gasteiger partial charge on any atom is 0.459 e. The highest BCUT2D eigenvalue weighted by Crippen LogP contribution is 2.58. The largest absolute Gasteiger partial charge is 0.462 e. The van der Waals surface area contributed by atoms with Gasteiger partial charge in [0, 0.05) is 0 Å². The molecule has 3 aromatic rings. The normalized spacial score (nSPS) is 22.2. The molecule has 0 spiro atoms. The molecule has 0 aliphatic carbocycles. The van der Waals surface area contributed by atoms with Gasteiger partial charge in [-0.15, -0.1) is 0 Å². The molecule has 7 atom stereocenters. The Labute approximate surface area is 326 Å². The highest BCUT2D eigenvalue weighted by atomic mass is 31.2. The fourth-order valence-corrected chi connectivity index (χ4v) is 8.31. The third-order valence-corrected chi connectivity index (χ3v) is 11.5. The average Bonchev–Trinajstić information content (AvgIpc) is 3.32. The number of nitrogens with zero attached hydrogens (tertiary/aromatic N) is 2. The van der Waals surface area contributed by atoms with Crippen molar-refractivity contribution >= 4 is 33.2 Å². The Hall–Kier alpha value is -4.29. The monoisotopic (exact) mass is 847 g/mol. The zero-order valence-corrected chi connectivity index (χ0v) is 33.9. The number of carbonyl (C=O) groups excluding carboxylic acids is 2. The van der Waals surface area contributed by atoms with Crippen LogP contribution in [0.25, 0.3) is 0 Å². The number of anilines is 1. The van der Waals surface area contributed by atoms with Crippen LogP contribution in [0.3, 0.4) is 0 Å². The van der Waals surface area contributed by atoms with E-state index in [1.54, 1.807) is 52.0 Å². The van der Waals surface area contributed by atoms with Gasteiger partial charge >= 0.3 is 39.0 Å². The minimum Gasteiger partial charge on any atom is -0.462 e. The predicted molar refractivity (Wildman–Crippen MR) is 199 cm³/mol. The first-order chi connectivity index (χ1) is 26.6. The number of ether oxygens (including phenoxy) is 3. The molecule has 0 radical (unpaired) electrons. The van der Waals surface area contributed by atoms with Gasteiger partial charge in [0.2, 0.25) is 6.23 Å². The Balaban J connectivity index is 1.75. The summed E-state index contributed by atoms with van der Waals surface area (Å²) in [5.74, 6) is -8.22. The van der Waals surface area contributed by atoms with E-state index in [1.165, 1.54) is 50.2 Å². The van der Waals surface area contributed by atoms with Crippen LogP contribution in [0.1, 0.15) is 54.7 Å². The van der Waals surface area contributed by atoms with Crippen molar-refractivity contribution in [3.05, 3.63) is 83.2 Å². The zero-order chi connectivity index (χ0) is 42.3. The molecule has 1 aliphatic heterocycles. The molecule has 0 bridgehead atoms. The van der Waals surface area contributed by atoms with Crippen molar-refractivity contribution in [2.45, 2.75) is 91.0 Å². The van der Waals surface area contributed by atoms with E-state index in [4.69, 9.17) is 38.0 Å². The smallest absolute Gasteiger partial charge is 0.459 e. The Morgan fingerprint density at radius 1 is 0.860 bits per heavy atom. The van der Waals surface area contributed by atoms with Crippen molar-refractivity contribution in [1.29, 1.82) is 0 Å². The molecule has 22 heteroatoms. The first-order valence-corrected chi connectivity index (χ1v) is 20.7. The van der Waals surface area contributed by atoms with Gasteiger partial charge in [-0.25, -0.2) is 27.1 Å². The van der Waals surface area contributed by atoms with Gasteiger partial charge in [-0.1, -0.05) is 36.4 Å². The van der Waals surface area contributed by atoms with Crippen molar-refractivity contribution < 1.29 is 64.2 Å². The number of benzene rings is 2. The van der Waals surface area contributed by atoms with E-state index in [0.29, 0.717) is 6.20 Å². The first-order valence-electron chi connectivity index (χ1n) is 17.6. The Morgan fingerprint density at radius 3 is 1.77 bits per heavy atom. The predicted octanol–water partition coefficient (Wildman–Crippen LogP) is 5.77. The number of rotatable bonds is 19. The summed E-state index contributed by atoms with van der Waals surface area (Å²) in [4.78, 5) is 41.5. The molecular formula is C35H46F3N5O12P2. The van der Waals surface area contributed by atoms with E-state index in [0.717, 1.165) is 6.92 Å². The van der Waals surface area contributed by atoms with Crippen LogP contribution in [0.5, 0.6) is 11.5 Å². The topological polar surface area (TPSA) is 218 Å². The lowest BCUT2D eigenvalue weighted by atomic mass is 9.80. The number of nitrogens with one attached hydrogen (secondary N) is 2. The quantitative estimate of drug-likeness (QED) is 0.0964. The first kappa shape index (κ1) is 45.4. The Kier molecular flexibility index (Phi) is 14.8. The second kappa shape index (κ2) is 18.5. The van der Waals surface area contributed by atoms with Crippen molar-refractivity contribution in [2.24, 2.45) is 5.41 Å². The summed E-state index contributed by atoms with van der Waals surface area (Å²) < 4.78 is 116. The fourth-order valence-electron chi connectivity index (χ4n) is 5.22. The molecular weight excluding hydrogens is 801 g/mol. The average molecular weight is 848 g/mol. The number of esters is 2. The van der Waals surface area contributed by atoms with Gasteiger partial charge < -0.3 is 29.0 Å². The van der Waals surface area contributed by atoms with Crippen molar-refractivity contribution in [1.82, 2.24) is 19.7 Å². The van der Waals surface area contributed by atoms with Crippen LogP contribution >= 0.6 is 15.5 Å². The third-order valence-electron chi connectivity index (χ3n) is 8.24. The molecule has 4 N–H and O–H groups in total. The number of nitrogen functional groups attached to an aromatic ring is 1. The van der Waals surface area contributed by atoms with Crippen molar-refractivity contribution in [2.75, 3.05) is 18.9 Å². The van der Waals surface area contributed by atoms with Gasteiger partial charge in [0.05, 0.1) is 43.1 Å². The molecule has 1 fully saturated rings. The molecule has 2 heterocycles. The fraction of sp³-hybridized carbons (Fsp3) is 0.486. The van der Waals surface area contributed by atoms with E-state index < -0.39 is 106 Å². The zero-order valence-electron chi connectivity index (χ0n) is 32.1. The van der Waals surface area contributed by atoms with Gasteiger partial charge in [-0.3, -0.25) is 23.2 Å². The lowest BCUT2D eigenvalue weighted by Gasteiger charge is -2.36. The standard InChI is InChI=1S/C35H46F3N5O12P2/c1-21(2)51-30(44)23(5)41-56(47,54-25-14-10-8-11-15-25)49-19-28-34(7,35(37,38)32(53-28)43-18-27(36)29(39)40-33(43)46)20-50-57(48,55-26-16-12-9-13-17-26)42-24(6)31(45)52-22(3)4/h8-18,21-24,28,32H,19-20H2,1-7H3,(H,41,47)(H,42,48)(H2,39,40,46)/t23-,24-,28+,32-,34?,56?,57?/m0/s1. The van der Waals surface area contributed by atoms with Gasteiger partial charge in [-0.05, 0) is 72.7 Å². The van der Waals surface area contributed by atoms with Crippen molar-refractivity contribution in [3.63, 3.8) is 0 Å². The lowest BCUT2D eigenvalue weighted by Crippen LogP contribution is -2.49. The second-order valence-electron chi connectivity index (χ2n) is 13.7. The third kappa shape index (κ3) is 11.4. The number of alkyl halides is 2. The van der Waals surface area contributed by atoms with Gasteiger partial charge in [-0.2, -0.15) is 15.2 Å². The maximum absolute atomic E-state index is 16.9. The maximum atomic E-state index is 16.9. The minimum atomic E-state index is -4.81. The SMILES string of the molecule is CC(C)OC(=O)[C@H](C)NP(=O)(OC[C@H]1O[C@H](n2cc(F)c(N)nc2=O)C(F)(F)C1(C)COP(=O)(N[C@@H](C)C(=O)OC(C)C)Oc1ccccc1)Oc1ccccc1. The number of hydrogen-bond acceptors (Lipinski definition) is 14. The molecule has 0 saturated carbocycles. The molecule has 17 nitrogen and oxygen atoms in total. The van der Waals surface area contributed by atoms with Crippen LogP contribution in [0.2, 0.25) is 0 Å². The highest BCUT2D eigenvalue weighted by molar-refractivity contribution is 7.52. The summed E-state index contributed by atoms with van der Waals surface area (Å²) in [6.45, 7) is 7.54. The van der Waals surface area contributed by atoms with Crippen LogP contribution in [0.15, 0.2) is 71.7 Å².